The summed E-state index contributed by atoms with van der Waals surface area (Å²) in [7, 11) is 0. The van der Waals surface area contributed by atoms with Crippen molar-refractivity contribution in [1.82, 2.24) is 19.9 Å². The minimum Gasteiger partial charge on any atom is -0.338 e. The summed E-state index contributed by atoms with van der Waals surface area (Å²) in [6.45, 7) is 13.0. The van der Waals surface area contributed by atoms with Crippen LogP contribution in [0.25, 0.3) is 0 Å². The van der Waals surface area contributed by atoms with E-state index >= 15 is 0 Å². The molecule has 1 aliphatic rings. The Labute approximate surface area is 109 Å². The molecule has 0 radical (unpaired) electrons. The molecule has 5 heteroatoms. The quantitative estimate of drug-likeness (QED) is 0.792. The maximum atomic E-state index is 4.49. The predicted molar refractivity (Wildman–Crippen MR) is 72.7 cm³/mol. The molecule has 18 heavy (non-hydrogen) atoms. The van der Waals surface area contributed by atoms with Crippen LogP contribution >= 0.6 is 0 Å². The minimum absolute atomic E-state index is 0.250. The van der Waals surface area contributed by atoms with Gasteiger partial charge in [0.1, 0.15) is 12.2 Å². The van der Waals surface area contributed by atoms with Crippen molar-refractivity contribution in [3.8, 4) is 0 Å². The van der Waals surface area contributed by atoms with Gasteiger partial charge in [-0.3, -0.25) is 4.90 Å². The molecular weight excluding hydrogens is 226 g/mol. The highest BCUT2D eigenvalue weighted by Gasteiger charge is 2.26. The molecule has 2 rings (SSSR count). The number of anilines is 1. The standard InChI is InChI=1S/C13H23N5/c1-5-11-14-10-15-12(16-11)17-6-8-18(9-7-17)13(2,3)4/h10H,5-9H2,1-4H3. The Morgan fingerprint density at radius 3 is 2.33 bits per heavy atom. The maximum Gasteiger partial charge on any atom is 0.228 e. The van der Waals surface area contributed by atoms with Crippen LogP contribution in [0, 0.1) is 0 Å². The molecule has 0 amide bonds. The molecule has 0 aliphatic carbocycles. The predicted octanol–water partition coefficient (Wildman–Crippen LogP) is 1.35. The Kier molecular flexibility index (Phi) is 3.80. The van der Waals surface area contributed by atoms with Gasteiger partial charge in [0, 0.05) is 38.1 Å². The molecule has 1 saturated heterocycles. The van der Waals surface area contributed by atoms with Crippen molar-refractivity contribution in [2.75, 3.05) is 31.1 Å². The van der Waals surface area contributed by atoms with Crippen molar-refractivity contribution in [1.29, 1.82) is 0 Å². The summed E-state index contributed by atoms with van der Waals surface area (Å²) in [5.74, 6) is 1.70. The molecule has 100 valence electrons. The molecule has 1 aromatic heterocycles. The number of rotatable bonds is 2. The highest BCUT2D eigenvalue weighted by molar-refractivity contribution is 5.29. The zero-order chi connectivity index (χ0) is 13.2. The molecule has 0 saturated carbocycles. The summed E-state index contributed by atoms with van der Waals surface area (Å²) in [6.07, 6.45) is 2.48. The average Bonchev–Trinajstić information content (AvgIpc) is 2.38. The van der Waals surface area contributed by atoms with E-state index in [-0.39, 0.29) is 5.54 Å². The van der Waals surface area contributed by atoms with Gasteiger partial charge in [-0.1, -0.05) is 6.92 Å². The normalized spacial score (nSPS) is 18.1. The number of hydrogen-bond acceptors (Lipinski definition) is 5. The summed E-state index contributed by atoms with van der Waals surface area (Å²) >= 11 is 0. The SMILES string of the molecule is CCc1ncnc(N2CCN(C(C)(C)C)CC2)n1. The Morgan fingerprint density at radius 2 is 1.78 bits per heavy atom. The number of piperazine rings is 1. The molecule has 2 heterocycles. The lowest BCUT2D eigenvalue weighted by atomic mass is 10.1. The monoisotopic (exact) mass is 249 g/mol. The third-order valence-corrected chi connectivity index (χ3v) is 3.44. The summed E-state index contributed by atoms with van der Waals surface area (Å²) in [5.41, 5.74) is 0.250. The van der Waals surface area contributed by atoms with Crippen molar-refractivity contribution in [3.05, 3.63) is 12.2 Å². The second-order valence-corrected chi connectivity index (χ2v) is 5.70. The van der Waals surface area contributed by atoms with E-state index in [2.05, 4.69) is 52.4 Å². The van der Waals surface area contributed by atoms with E-state index in [1.165, 1.54) is 0 Å². The summed E-state index contributed by atoms with van der Waals surface area (Å²) in [5, 5.41) is 0. The van der Waals surface area contributed by atoms with Gasteiger partial charge in [-0.25, -0.2) is 9.97 Å². The fraction of sp³-hybridized carbons (Fsp3) is 0.769. The first-order valence-corrected chi connectivity index (χ1v) is 6.68. The van der Waals surface area contributed by atoms with E-state index in [4.69, 9.17) is 0 Å². The van der Waals surface area contributed by atoms with Gasteiger partial charge in [-0.05, 0) is 20.8 Å². The third kappa shape index (κ3) is 2.96. The van der Waals surface area contributed by atoms with Crippen molar-refractivity contribution in [2.45, 2.75) is 39.7 Å². The van der Waals surface area contributed by atoms with Crippen LogP contribution in [0.1, 0.15) is 33.5 Å². The van der Waals surface area contributed by atoms with Crippen LogP contribution in [-0.4, -0.2) is 51.6 Å². The van der Waals surface area contributed by atoms with Crippen molar-refractivity contribution in [2.24, 2.45) is 0 Å². The van der Waals surface area contributed by atoms with E-state index in [1.54, 1.807) is 6.33 Å². The molecule has 0 atom stereocenters. The molecule has 0 spiro atoms. The summed E-state index contributed by atoms with van der Waals surface area (Å²) in [6, 6.07) is 0. The van der Waals surface area contributed by atoms with Crippen LogP contribution in [0.2, 0.25) is 0 Å². The summed E-state index contributed by atoms with van der Waals surface area (Å²) in [4.78, 5) is 17.7. The molecule has 5 nitrogen and oxygen atoms in total. The van der Waals surface area contributed by atoms with Crippen LogP contribution in [0.4, 0.5) is 5.95 Å². The highest BCUT2D eigenvalue weighted by Crippen LogP contribution is 2.17. The molecule has 0 N–H and O–H groups in total. The van der Waals surface area contributed by atoms with Gasteiger partial charge in [-0.2, -0.15) is 4.98 Å². The highest BCUT2D eigenvalue weighted by atomic mass is 15.3. The Hall–Kier alpha value is -1.23. The lowest BCUT2D eigenvalue weighted by Gasteiger charge is -2.42. The van der Waals surface area contributed by atoms with Gasteiger partial charge in [0.2, 0.25) is 5.95 Å². The number of aromatic nitrogens is 3. The number of nitrogens with zero attached hydrogens (tertiary/aromatic N) is 5. The van der Waals surface area contributed by atoms with Crippen molar-refractivity contribution < 1.29 is 0 Å². The smallest absolute Gasteiger partial charge is 0.228 e. The minimum atomic E-state index is 0.250. The molecule has 1 fully saturated rings. The fourth-order valence-electron chi connectivity index (χ4n) is 2.22. The van der Waals surface area contributed by atoms with Crippen LogP contribution < -0.4 is 4.90 Å². The van der Waals surface area contributed by atoms with Gasteiger partial charge in [-0.15, -0.1) is 0 Å². The fourth-order valence-corrected chi connectivity index (χ4v) is 2.22. The zero-order valence-electron chi connectivity index (χ0n) is 11.8. The van der Waals surface area contributed by atoms with Gasteiger partial charge in [0.15, 0.2) is 0 Å². The first-order chi connectivity index (χ1) is 8.50. The lowest BCUT2D eigenvalue weighted by Crippen LogP contribution is -2.53. The Balaban J connectivity index is 2.01. The van der Waals surface area contributed by atoms with E-state index in [0.29, 0.717) is 0 Å². The van der Waals surface area contributed by atoms with Gasteiger partial charge < -0.3 is 4.90 Å². The van der Waals surface area contributed by atoms with Crippen LogP contribution in [0.3, 0.4) is 0 Å². The second kappa shape index (κ2) is 5.18. The van der Waals surface area contributed by atoms with Crippen LogP contribution in [0.15, 0.2) is 6.33 Å². The average molecular weight is 249 g/mol. The number of aryl methyl sites for hydroxylation is 1. The molecule has 0 aromatic carbocycles. The van der Waals surface area contributed by atoms with Crippen LogP contribution in [0.5, 0.6) is 0 Å². The van der Waals surface area contributed by atoms with Gasteiger partial charge >= 0.3 is 0 Å². The molecule has 0 unspecified atom stereocenters. The van der Waals surface area contributed by atoms with Gasteiger partial charge in [0.05, 0.1) is 0 Å². The first-order valence-electron chi connectivity index (χ1n) is 6.68. The van der Waals surface area contributed by atoms with Crippen molar-refractivity contribution >= 4 is 5.95 Å². The lowest BCUT2D eigenvalue weighted by molar-refractivity contribution is 0.128. The topological polar surface area (TPSA) is 45.2 Å². The van der Waals surface area contributed by atoms with E-state index in [9.17, 15) is 0 Å². The first kappa shape index (κ1) is 13.2. The number of hydrogen-bond donors (Lipinski definition) is 0. The van der Waals surface area contributed by atoms with Crippen LogP contribution in [-0.2, 0) is 6.42 Å². The third-order valence-electron chi connectivity index (χ3n) is 3.44. The summed E-state index contributed by atoms with van der Waals surface area (Å²) < 4.78 is 0. The van der Waals surface area contributed by atoms with E-state index in [1.807, 2.05) is 0 Å². The Bertz CT molecular complexity index is 391. The molecule has 0 bridgehead atoms. The van der Waals surface area contributed by atoms with E-state index < -0.39 is 0 Å². The Morgan fingerprint density at radius 1 is 1.11 bits per heavy atom. The van der Waals surface area contributed by atoms with Gasteiger partial charge in [0.25, 0.3) is 0 Å². The molecular formula is C13H23N5. The maximum absolute atomic E-state index is 4.49. The largest absolute Gasteiger partial charge is 0.338 e. The molecule has 1 aromatic rings. The zero-order valence-corrected chi connectivity index (χ0v) is 11.8. The second-order valence-electron chi connectivity index (χ2n) is 5.70. The van der Waals surface area contributed by atoms with E-state index in [0.717, 1.165) is 44.4 Å². The van der Waals surface area contributed by atoms with Crippen molar-refractivity contribution in [3.63, 3.8) is 0 Å². The molecule has 1 aliphatic heterocycles.